The first kappa shape index (κ1) is 15.0. The average Bonchev–Trinajstić information content (AvgIpc) is 2.34. The fourth-order valence-corrected chi connectivity index (χ4v) is 1.53. The number of terminal acetylenes is 1. The zero-order valence-electron chi connectivity index (χ0n) is 10.8. The number of aliphatic imine (C=N–C) groups is 1. The summed E-state index contributed by atoms with van der Waals surface area (Å²) in [7, 11) is 0. The molecule has 0 radical (unpaired) electrons. The molecule has 5 heteroatoms. The number of hydrogen-bond donors (Lipinski definition) is 2. The summed E-state index contributed by atoms with van der Waals surface area (Å²) in [6.45, 7) is 3.45. The van der Waals surface area contributed by atoms with Gasteiger partial charge in [-0.25, -0.2) is 8.78 Å². The van der Waals surface area contributed by atoms with Crippen LogP contribution in [0.5, 0.6) is 0 Å². The van der Waals surface area contributed by atoms with Gasteiger partial charge in [-0.1, -0.05) is 5.92 Å². The lowest BCUT2D eigenvalue weighted by atomic mass is 10.1. The molecule has 1 aromatic rings. The van der Waals surface area contributed by atoms with Crippen LogP contribution in [0.4, 0.5) is 8.78 Å². The lowest BCUT2D eigenvalue weighted by molar-refractivity contribution is 0.579. The lowest BCUT2D eigenvalue weighted by Gasteiger charge is -2.08. The van der Waals surface area contributed by atoms with Crippen molar-refractivity contribution in [2.75, 3.05) is 19.6 Å². The van der Waals surface area contributed by atoms with Crippen LogP contribution < -0.4 is 10.6 Å². The Morgan fingerprint density at radius 3 is 2.53 bits per heavy atom. The molecule has 0 aliphatic rings. The molecule has 0 saturated carbocycles. The Morgan fingerprint density at radius 2 is 1.95 bits per heavy atom. The van der Waals surface area contributed by atoms with E-state index in [0.29, 0.717) is 37.6 Å². The van der Waals surface area contributed by atoms with Crippen LogP contribution in [0.25, 0.3) is 0 Å². The molecule has 2 N–H and O–H groups in total. The van der Waals surface area contributed by atoms with Gasteiger partial charge < -0.3 is 10.6 Å². The van der Waals surface area contributed by atoms with Gasteiger partial charge in [0.2, 0.25) is 0 Å². The van der Waals surface area contributed by atoms with Gasteiger partial charge in [0.25, 0.3) is 0 Å². The van der Waals surface area contributed by atoms with Crippen LogP contribution >= 0.6 is 0 Å². The summed E-state index contributed by atoms with van der Waals surface area (Å²) in [6, 6.07) is 3.46. The van der Waals surface area contributed by atoms with Gasteiger partial charge in [0.1, 0.15) is 11.6 Å². The van der Waals surface area contributed by atoms with Gasteiger partial charge in [-0.15, -0.1) is 6.42 Å². The first-order valence-electron chi connectivity index (χ1n) is 6.06. The Labute approximate surface area is 112 Å². The van der Waals surface area contributed by atoms with Crippen LogP contribution in [0.15, 0.2) is 23.2 Å². The van der Waals surface area contributed by atoms with Crippen molar-refractivity contribution in [3.05, 3.63) is 35.4 Å². The zero-order chi connectivity index (χ0) is 14.1. The van der Waals surface area contributed by atoms with Crippen molar-refractivity contribution in [1.82, 2.24) is 10.6 Å². The third-order valence-corrected chi connectivity index (χ3v) is 2.29. The van der Waals surface area contributed by atoms with Crippen LogP contribution in [0.2, 0.25) is 0 Å². The van der Waals surface area contributed by atoms with Crippen molar-refractivity contribution in [2.45, 2.75) is 13.3 Å². The Bertz CT molecular complexity index is 458. The number of hydrogen-bond acceptors (Lipinski definition) is 1. The molecule has 0 aromatic heterocycles. The predicted octanol–water partition coefficient (Wildman–Crippen LogP) is 1.70. The molecule has 0 unspecified atom stereocenters. The van der Waals surface area contributed by atoms with Gasteiger partial charge in [0.05, 0.1) is 6.54 Å². The van der Waals surface area contributed by atoms with E-state index in [2.05, 4.69) is 21.5 Å². The van der Waals surface area contributed by atoms with Crippen molar-refractivity contribution >= 4 is 5.96 Å². The molecule has 0 bridgehead atoms. The van der Waals surface area contributed by atoms with Crippen molar-refractivity contribution in [2.24, 2.45) is 4.99 Å². The third-order valence-electron chi connectivity index (χ3n) is 2.29. The average molecular weight is 265 g/mol. The van der Waals surface area contributed by atoms with Crippen LogP contribution in [0.1, 0.15) is 12.5 Å². The summed E-state index contributed by atoms with van der Waals surface area (Å²) in [4.78, 5) is 4.26. The van der Waals surface area contributed by atoms with E-state index in [1.807, 2.05) is 6.92 Å². The molecule has 1 rings (SSSR count). The molecule has 0 spiro atoms. The number of guanidine groups is 1. The predicted molar refractivity (Wildman–Crippen MR) is 72.9 cm³/mol. The van der Waals surface area contributed by atoms with E-state index in [1.54, 1.807) is 0 Å². The molecular formula is C14H17F2N3. The van der Waals surface area contributed by atoms with Crippen molar-refractivity contribution < 1.29 is 8.78 Å². The van der Waals surface area contributed by atoms with Crippen LogP contribution in [0, 0.1) is 24.0 Å². The van der Waals surface area contributed by atoms with E-state index in [0.717, 1.165) is 6.07 Å². The molecule has 0 saturated heterocycles. The second-order valence-corrected chi connectivity index (χ2v) is 3.85. The maximum absolute atomic E-state index is 13.0. The Morgan fingerprint density at radius 1 is 1.26 bits per heavy atom. The summed E-state index contributed by atoms with van der Waals surface area (Å²) in [5.74, 6) is 1.90. The van der Waals surface area contributed by atoms with E-state index >= 15 is 0 Å². The minimum Gasteiger partial charge on any atom is -0.357 e. The van der Waals surface area contributed by atoms with Gasteiger partial charge in [0.15, 0.2) is 5.96 Å². The standard InChI is InChI=1S/C14H17F2N3/c1-3-6-18-14(17-4-2)19-7-5-11-8-12(15)10-13(16)9-11/h1,8-10H,4-7H2,2H3,(H2,17,18,19). The summed E-state index contributed by atoms with van der Waals surface area (Å²) in [5, 5.41) is 5.96. The summed E-state index contributed by atoms with van der Waals surface area (Å²) < 4.78 is 26.0. The molecule has 3 nitrogen and oxygen atoms in total. The van der Waals surface area contributed by atoms with E-state index in [1.165, 1.54) is 12.1 Å². The fraction of sp³-hybridized carbons (Fsp3) is 0.357. The van der Waals surface area contributed by atoms with Gasteiger partial charge in [0, 0.05) is 19.2 Å². The molecule has 0 heterocycles. The lowest BCUT2D eigenvalue weighted by Crippen LogP contribution is -2.37. The van der Waals surface area contributed by atoms with E-state index in [9.17, 15) is 8.78 Å². The highest BCUT2D eigenvalue weighted by Gasteiger charge is 2.01. The van der Waals surface area contributed by atoms with Crippen molar-refractivity contribution in [3.8, 4) is 12.3 Å². The number of rotatable bonds is 5. The Balaban J connectivity index is 2.56. The van der Waals surface area contributed by atoms with Gasteiger partial charge in [-0.05, 0) is 31.0 Å². The fourth-order valence-electron chi connectivity index (χ4n) is 1.53. The van der Waals surface area contributed by atoms with E-state index in [4.69, 9.17) is 6.42 Å². The smallest absolute Gasteiger partial charge is 0.192 e. The van der Waals surface area contributed by atoms with Crippen LogP contribution in [-0.2, 0) is 6.42 Å². The SMILES string of the molecule is C#CCNC(=NCCc1cc(F)cc(F)c1)NCC. The Kier molecular flexibility index (Phi) is 6.37. The second kappa shape index (κ2) is 8.09. The van der Waals surface area contributed by atoms with Crippen molar-refractivity contribution in [3.63, 3.8) is 0 Å². The van der Waals surface area contributed by atoms with E-state index in [-0.39, 0.29) is 0 Å². The summed E-state index contributed by atoms with van der Waals surface area (Å²) >= 11 is 0. The normalized spacial score (nSPS) is 10.9. The molecule has 0 aliphatic carbocycles. The molecular weight excluding hydrogens is 248 g/mol. The molecule has 19 heavy (non-hydrogen) atoms. The first-order chi connectivity index (χ1) is 9.15. The maximum atomic E-state index is 13.0. The highest BCUT2D eigenvalue weighted by molar-refractivity contribution is 5.79. The molecule has 0 atom stereocenters. The first-order valence-corrected chi connectivity index (χ1v) is 6.06. The molecule has 0 aliphatic heterocycles. The molecule has 102 valence electrons. The number of nitrogens with one attached hydrogen (secondary N) is 2. The minimum atomic E-state index is -0.573. The second-order valence-electron chi connectivity index (χ2n) is 3.85. The van der Waals surface area contributed by atoms with Gasteiger partial charge >= 0.3 is 0 Å². The van der Waals surface area contributed by atoms with Crippen LogP contribution in [0.3, 0.4) is 0 Å². The molecule has 1 aromatic carbocycles. The topological polar surface area (TPSA) is 36.4 Å². The number of halogens is 2. The minimum absolute atomic E-state index is 0.375. The van der Waals surface area contributed by atoms with E-state index < -0.39 is 11.6 Å². The summed E-state index contributed by atoms with van der Waals surface area (Å²) in [5.41, 5.74) is 0.578. The third kappa shape index (κ3) is 5.87. The largest absolute Gasteiger partial charge is 0.357 e. The summed E-state index contributed by atoms with van der Waals surface area (Å²) in [6.07, 6.45) is 5.61. The number of nitrogens with zero attached hydrogens (tertiary/aromatic N) is 1. The Hall–Kier alpha value is -2.09. The van der Waals surface area contributed by atoms with Gasteiger partial charge in [-0.2, -0.15) is 0 Å². The number of benzene rings is 1. The highest BCUT2D eigenvalue weighted by atomic mass is 19.1. The van der Waals surface area contributed by atoms with Crippen LogP contribution in [-0.4, -0.2) is 25.6 Å². The van der Waals surface area contributed by atoms with Crippen molar-refractivity contribution in [1.29, 1.82) is 0 Å². The zero-order valence-corrected chi connectivity index (χ0v) is 10.8. The molecule has 0 amide bonds. The monoisotopic (exact) mass is 265 g/mol. The molecule has 0 fully saturated rings. The highest BCUT2D eigenvalue weighted by Crippen LogP contribution is 2.08. The van der Waals surface area contributed by atoms with Gasteiger partial charge in [-0.3, -0.25) is 4.99 Å². The quantitative estimate of drug-likeness (QED) is 0.483. The maximum Gasteiger partial charge on any atom is 0.192 e.